The van der Waals surface area contributed by atoms with Gasteiger partial charge in [0.2, 0.25) is 0 Å². The molecule has 0 spiro atoms. The van der Waals surface area contributed by atoms with Crippen molar-refractivity contribution in [2.45, 2.75) is 6.92 Å². The van der Waals surface area contributed by atoms with Crippen LogP contribution in [0.3, 0.4) is 0 Å². The molecule has 0 saturated carbocycles. The van der Waals surface area contributed by atoms with E-state index in [-0.39, 0.29) is 0 Å². The number of hydrogen-bond acceptors (Lipinski definition) is 3. The van der Waals surface area contributed by atoms with Crippen LogP contribution in [0.15, 0.2) is 126 Å². The molecule has 0 radical (unpaired) electrons. The monoisotopic (exact) mass is 477 g/mol. The largest absolute Gasteiger partial charge is 0.455 e. The van der Waals surface area contributed by atoms with Gasteiger partial charge in [-0.25, -0.2) is 0 Å². The summed E-state index contributed by atoms with van der Waals surface area (Å²) in [5.41, 5.74) is 8.22. The number of rotatable bonds is 4. The van der Waals surface area contributed by atoms with Crippen molar-refractivity contribution in [3.05, 3.63) is 127 Å². The average Bonchev–Trinajstić information content (AvgIpc) is 3.57. The molecule has 0 bridgehead atoms. The average molecular weight is 478 g/mol. The molecule has 0 amide bonds. The maximum atomic E-state index is 6.39. The molecule has 0 aliphatic rings. The second kappa shape index (κ2) is 8.61. The van der Waals surface area contributed by atoms with Crippen LogP contribution in [-0.2, 0) is 0 Å². The molecule has 0 aliphatic carbocycles. The van der Waals surface area contributed by atoms with Crippen molar-refractivity contribution < 1.29 is 4.42 Å². The fraction of sp³-hybridized carbons (Fsp3) is 0.0303. The van der Waals surface area contributed by atoms with E-state index in [1.165, 1.54) is 0 Å². The second-order valence-electron chi connectivity index (χ2n) is 9.20. The lowest BCUT2D eigenvalue weighted by Crippen LogP contribution is -2.00. The number of benzene rings is 5. The summed E-state index contributed by atoms with van der Waals surface area (Å²) in [6.07, 6.45) is 0. The van der Waals surface area contributed by atoms with Crippen LogP contribution in [0.1, 0.15) is 5.56 Å². The zero-order chi connectivity index (χ0) is 24.8. The lowest BCUT2D eigenvalue weighted by atomic mass is 10.0. The van der Waals surface area contributed by atoms with E-state index in [4.69, 9.17) is 4.42 Å². The van der Waals surface area contributed by atoms with E-state index in [1.807, 2.05) is 36.4 Å². The third-order valence-electron chi connectivity index (χ3n) is 6.88. The highest BCUT2D eigenvalue weighted by atomic mass is 16.3. The molecule has 7 aromatic rings. The predicted octanol–water partition coefficient (Wildman–Crippen LogP) is 8.48. The van der Waals surface area contributed by atoms with Crippen LogP contribution in [0.4, 0.5) is 0 Å². The second-order valence-corrected chi connectivity index (χ2v) is 9.20. The van der Waals surface area contributed by atoms with Crippen molar-refractivity contribution in [2.75, 3.05) is 0 Å². The van der Waals surface area contributed by atoms with E-state index >= 15 is 0 Å². The van der Waals surface area contributed by atoms with Crippen LogP contribution in [0, 0.1) is 6.92 Å². The summed E-state index contributed by atoms with van der Waals surface area (Å²) in [6, 6.07) is 41.6. The summed E-state index contributed by atoms with van der Waals surface area (Å²) in [5, 5.41) is 11.5. The Morgan fingerprint density at radius 1 is 0.514 bits per heavy atom. The molecule has 0 N–H and O–H groups in total. The first kappa shape index (κ1) is 21.3. The quantitative estimate of drug-likeness (QED) is 0.255. The molecule has 176 valence electrons. The van der Waals surface area contributed by atoms with Gasteiger partial charge < -0.3 is 4.42 Å². The Morgan fingerprint density at radius 3 is 1.78 bits per heavy atom. The van der Waals surface area contributed by atoms with Gasteiger partial charge in [0.25, 0.3) is 0 Å². The topological polar surface area (TPSA) is 43.9 Å². The minimum atomic E-state index is 0.800. The van der Waals surface area contributed by atoms with Gasteiger partial charge in [-0.2, -0.15) is 0 Å². The first-order valence-electron chi connectivity index (χ1n) is 12.4. The van der Waals surface area contributed by atoms with Gasteiger partial charge in [-0.3, -0.25) is 4.57 Å². The molecular weight excluding hydrogens is 454 g/mol. The van der Waals surface area contributed by atoms with Gasteiger partial charge in [0.1, 0.15) is 11.2 Å². The van der Waals surface area contributed by atoms with Gasteiger partial charge in [-0.05, 0) is 30.2 Å². The summed E-state index contributed by atoms with van der Waals surface area (Å²) in [6.45, 7) is 2.09. The molecule has 0 atom stereocenters. The smallest absolute Gasteiger partial charge is 0.168 e. The highest BCUT2D eigenvalue weighted by molar-refractivity contribution is 6.10. The summed E-state index contributed by atoms with van der Waals surface area (Å²) < 4.78 is 8.50. The number of hydrogen-bond donors (Lipinski definition) is 0. The zero-order valence-electron chi connectivity index (χ0n) is 20.3. The number of aryl methyl sites for hydroxylation is 1. The highest BCUT2D eigenvalue weighted by Crippen LogP contribution is 2.37. The number of para-hydroxylation sites is 3. The maximum Gasteiger partial charge on any atom is 0.168 e. The Kier molecular flexibility index (Phi) is 4.96. The van der Waals surface area contributed by atoms with Crippen molar-refractivity contribution in [2.24, 2.45) is 0 Å². The van der Waals surface area contributed by atoms with Gasteiger partial charge in [0, 0.05) is 33.2 Å². The molecule has 0 fully saturated rings. The number of nitrogens with zero attached hydrogens (tertiary/aromatic N) is 3. The van der Waals surface area contributed by atoms with Gasteiger partial charge >= 0.3 is 0 Å². The van der Waals surface area contributed by atoms with Crippen molar-refractivity contribution >= 4 is 21.9 Å². The molecule has 2 aromatic heterocycles. The van der Waals surface area contributed by atoms with Crippen LogP contribution in [-0.4, -0.2) is 14.8 Å². The predicted molar refractivity (Wildman–Crippen MR) is 150 cm³/mol. The van der Waals surface area contributed by atoms with Gasteiger partial charge in [0.05, 0.1) is 0 Å². The van der Waals surface area contributed by atoms with E-state index < -0.39 is 0 Å². The minimum absolute atomic E-state index is 0.800. The number of furan rings is 1. The Balaban J connectivity index is 1.35. The Labute approximate surface area is 214 Å². The molecule has 5 aromatic carbocycles. The third kappa shape index (κ3) is 3.54. The van der Waals surface area contributed by atoms with E-state index in [0.717, 1.165) is 67.1 Å². The van der Waals surface area contributed by atoms with Crippen molar-refractivity contribution in [3.8, 4) is 39.6 Å². The molecule has 2 heterocycles. The Morgan fingerprint density at radius 2 is 1.08 bits per heavy atom. The molecule has 0 unspecified atom stereocenters. The first-order valence-corrected chi connectivity index (χ1v) is 12.4. The summed E-state index contributed by atoms with van der Waals surface area (Å²) in [7, 11) is 0. The highest BCUT2D eigenvalue weighted by Gasteiger charge is 2.18. The standard InChI is InChI=1S/C33H23N3O/c1-22-10-8-16-28-29-17-9-15-27(31(29)37-30(22)28)23-18-20-25(21-19-23)33-35-34-32(24-11-4-2-5-12-24)36(33)26-13-6-3-7-14-26/h2-21H,1H3. The summed E-state index contributed by atoms with van der Waals surface area (Å²) >= 11 is 0. The lowest BCUT2D eigenvalue weighted by Gasteiger charge is -2.11. The molecule has 4 nitrogen and oxygen atoms in total. The van der Waals surface area contributed by atoms with E-state index in [2.05, 4.69) is 107 Å². The summed E-state index contributed by atoms with van der Waals surface area (Å²) in [5.74, 6) is 1.61. The number of fused-ring (bicyclic) bond motifs is 3. The normalized spacial score (nSPS) is 11.4. The molecular formula is C33H23N3O. The molecule has 7 rings (SSSR count). The lowest BCUT2D eigenvalue weighted by molar-refractivity contribution is 0.667. The fourth-order valence-electron chi connectivity index (χ4n) is 5.05. The molecule has 0 saturated heterocycles. The van der Waals surface area contributed by atoms with Crippen molar-refractivity contribution in [1.29, 1.82) is 0 Å². The van der Waals surface area contributed by atoms with E-state index in [1.54, 1.807) is 0 Å². The van der Waals surface area contributed by atoms with Crippen LogP contribution < -0.4 is 0 Å². The molecule has 4 heteroatoms. The SMILES string of the molecule is Cc1cccc2c1oc1c(-c3ccc(-c4nnc(-c5ccccc5)n4-c4ccccc4)cc3)cccc12. The Bertz CT molecular complexity index is 1860. The fourth-order valence-corrected chi connectivity index (χ4v) is 5.05. The third-order valence-corrected chi connectivity index (χ3v) is 6.88. The van der Waals surface area contributed by atoms with Crippen LogP contribution in [0.5, 0.6) is 0 Å². The van der Waals surface area contributed by atoms with Gasteiger partial charge in [-0.15, -0.1) is 10.2 Å². The summed E-state index contributed by atoms with van der Waals surface area (Å²) in [4.78, 5) is 0. The zero-order valence-corrected chi connectivity index (χ0v) is 20.3. The van der Waals surface area contributed by atoms with Crippen molar-refractivity contribution in [3.63, 3.8) is 0 Å². The van der Waals surface area contributed by atoms with Gasteiger partial charge in [0.15, 0.2) is 11.6 Å². The maximum absolute atomic E-state index is 6.39. The van der Waals surface area contributed by atoms with Crippen LogP contribution in [0.2, 0.25) is 0 Å². The number of aromatic nitrogens is 3. The molecule has 0 aliphatic heterocycles. The van der Waals surface area contributed by atoms with Crippen LogP contribution >= 0.6 is 0 Å². The Hall–Kier alpha value is -4.96. The van der Waals surface area contributed by atoms with E-state index in [9.17, 15) is 0 Å². The van der Waals surface area contributed by atoms with Crippen LogP contribution in [0.25, 0.3) is 61.5 Å². The molecule has 37 heavy (non-hydrogen) atoms. The van der Waals surface area contributed by atoms with E-state index in [0.29, 0.717) is 0 Å². The van der Waals surface area contributed by atoms with Crippen molar-refractivity contribution in [1.82, 2.24) is 14.8 Å². The van der Waals surface area contributed by atoms with Gasteiger partial charge in [-0.1, -0.05) is 109 Å². The first-order chi connectivity index (χ1) is 18.3. The minimum Gasteiger partial charge on any atom is -0.455 e.